The van der Waals surface area contributed by atoms with Crippen LogP contribution in [0.25, 0.3) is 0 Å². The minimum Gasteiger partial charge on any atom is -0.497 e. The van der Waals surface area contributed by atoms with Crippen LogP contribution in [-0.2, 0) is 9.53 Å². The van der Waals surface area contributed by atoms with Gasteiger partial charge in [-0.25, -0.2) is 4.79 Å². The highest BCUT2D eigenvalue weighted by Gasteiger charge is 2.29. The molecule has 0 saturated heterocycles. The molecule has 3 atom stereocenters. The van der Waals surface area contributed by atoms with E-state index in [4.69, 9.17) is 9.47 Å². The lowest BCUT2D eigenvalue weighted by Gasteiger charge is -2.32. The number of hydrogen-bond donors (Lipinski definition) is 4. The van der Waals surface area contributed by atoms with Crippen molar-refractivity contribution < 1.29 is 24.2 Å². The van der Waals surface area contributed by atoms with Crippen LogP contribution in [0, 0.1) is 0 Å². The van der Waals surface area contributed by atoms with Gasteiger partial charge in [-0.1, -0.05) is 31.4 Å². The summed E-state index contributed by atoms with van der Waals surface area (Å²) in [5, 5.41) is 18.3. The third-order valence-electron chi connectivity index (χ3n) is 5.47. The second kappa shape index (κ2) is 11.0. The van der Waals surface area contributed by atoms with Gasteiger partial charge >= 0.3 is 6.03 Å². The van der Waals surface area contributed by atoms with Crippen molar-refractivity contribution in [1.82, 2.24) is 10.6 Å². The SMILES string of the molecule is COc1ccc(NC(=O)N[C@H]2C=C[C@H](CC(=O)NC3CCCCC3)O[C@H]2CO)cc1. The number of amides is 3. The van der Waals surface area contributed by atoms with Crippen molar-refractivity contribution >= 4 is 17.6 Å². The fourth-order valence-corrected chi connectivity index (χ4v) is 3.85. The summed E-state index contributed by atoms with van der Waals surface area (Å²) >= 11 is 0. The van der Waals surface area contributed by atoms with Gasteiger partial charge in [-0.15, -0.1) is 0 Å². The molecule has 164 valence electrons. The van der Waals surface area contributed by atoms with Crippen LogP contribution in [0.3, 0.4) is 0 Å². The average Bonchev–Trinajstić information content (AvgIpc) is 2.76. The van der Waals surface area contributed by atoms with Crippen LogP contribution in [0.5, 0.6) is 5.75 Å². The van der Waals surface area contributed by atoms with Gasteiger partial charge in [0.2, 0.25) is 5.91 Å². The topological polar surface area (TPSA) is 109 Å². The van der Waals surface area contributed by atoms with E-state index in [-0.39, 0.29) is 25.0 Å². The Hall–Kier alpha value is -2.58. The van der Waals surface area contributed by atoms with Gasteiger partial charge in [0.15, 0.2) is 0 Å². The van der Waals surface area contributed by atoms with Gasteiger partial charge in [0, 0.05) is 11.7 Å². The number of methoxy groups -OCH3 is 1. The molecule has 1 heterocycles. The maximum absolute atomic E-state index is 12.3. The smallest absolute Gasteiger partial charge is 0.319 e. The molecule has 0 aromatic heterocycles. The van der Waals surface area contributed by atoms with E-state index in [1.807, 2.05) is 0 Å². The second-order valence-electron chi connectivity index (χ2n) is 7.74. The van der Waals surface area contributed by atoms with Gasteiger partial charge in [0.1, 0.15) is 11.9 Å². The molecule has 1 aromatic rings. The number of carbonyl (C=O) groups is 2. The number of hydrogen-bond acceptors (Lipinski definition) is 5. The molecular weight excluding hydrogens is 386 g/mol. The molecule has 1 fully saturated rings. The molecule has 30 heavy (non-hydrogen) atoms. The first kappa shape index (κ1) is 22.1. The van der Waals surface area contributed by atoms with E-state index in [1.165, 1.54) is 6.42 Å². The maximum Gasteiger partial charge on any atom is 0.319 e. The molecule has 2 aliphatic rings. The van der Waals surface area contributed by atoms with E-state index >= 15 is 0 Å². The fraction of sp³-hybridized carbons (Fsp3) is 0.545. The van der Waals surface area contributed by atoms with Crippen molar-refractivity contribution in [3.8, 4) is 5.75 Å². The summed E-state index contributed by atoms with van der Waals surface area (Å²) in [7, 11) is 1.58. The Bertz CT molecular complexity index is 731. The van der Waals surface area contributed by atoms with Gasteiger partial charge in [-0.2, -0.15) is 0 Å². The maximum atomic E-state index is 12.3. The summed E-state index contributed by atoms with van der Waals surface area (Å²) < 4.78 is 10.9. The van der Waals surface area contributed by atoms with Crippen LogP contribution in [0.1, 0.15) is 38.5 Å². The summed E-state index contributed by atoms with van der Waals surface area (Å²) in [6, 6.07) is 6.31. The predicted octanol–water partition coefficient (Wildman–Crippen LogP) is 2.34. The van der Waals surface area contributed by atoms with Crippen molar-refractivity contribution in [3.63, 3.8) is 0 Å². The summed E-state index contributed by atoms with van der Waals surface area (Å²) in [5.41, 5.74) is 0.617. The first-order chi connectivity index (χ1) is 14.6. The van der Waals surface area contributed by atoms with Gasteiger partial charge < -0.3 is 30.5 Å². The quantitative estimate of drug-likeness (QED) is 0.509. The minimum absolute atomic E-state index is 0.0445. The normalized spacial score (nSPS) is 24.1. The average molecular weight is 418 g/mol. The van der Waals surface area contributed by atoms with Crippen molar-refractivity contribution in [1.29, 1.82) is 0 Å². The Morgan fingerprint density at radius 3 is 2.50 bits per heavy atom. The molecule has 1 aliphatic heterocycles. The van der Waals surface area contributed by atoms with E-state index in [0.29, 0.717) is 11.4 Å². The number of ether oxygens (including phenoxy) is 2. The molecule has 0 spiro atoms. The number of rotatable bonds is 7. The van der Waals surface area contributed by atoms with E-state index in [9.17, 15) is 14.7 Å². The van der Waals surface area contributed by atoms with Gasteiger partial charge in [0.25, 0.3) is 0 Å². The molecule has 0 radical (unpaired) electrons. The number of urea groups is 1. The summed E-state index contributed by atoms with van der Waals surface area (Å²) in [6.45, 7) is -0.265. The lowest BCUT2D eigenvalue weighted by atomic mass is 9.95. The van der Waals surface area contributed by atoms with Crippen LogP contribution in [0.2, 0.25) is 0 Å². The Balaban J connectivity index is 1.48. The zero-order valence-electron chi connectivity index (χ0n) is 17.3. The van der Waals surface area contributed by atoms with Crippen molar-refractivity contribution in [2.45, 2.75) is 62.8 Å². The van der Waals surface area contributed by atoms with Crippen molar-refractivity contribution in [3.05, 3.63) is 36.4 Å². The number of benzene rings is 1. The van der Waals surface area contributed by atoms with Crippen molar-refractivity contribution in [2.75, 3.05) is 19.0 Å². The van der Waals surface area contributed by atoms with E-state index in [1.54, 1.807) is 43.5 Å². The van der Waals surface area contributed by atoms with Crippen LogP contribution >= 0.6 is 0 Å². The molecule has 0 bridgehead atoms. The summed E-state index contributed by atoms with van der Waals surface area (Å²) in [4.78, 5) is 24.6. The number of carbonyl (C=O) groups excluding carboxylic acids is 2. The first-order valence-electron chi connectivity index (χ1n) is 10.5. The van der Waals surface area contributed by atoms with E-state index in [2.05, 4.69) is 16.0 Å². The van der Waals surface area contributed by atoms with Crippen LogP contribution in [0.15, 0.2) is 36.4 Å². The third-order valence-corrected chi connectivity index (χ3v) is 5.47. The highest BCUT2D eigenvalue weighted by atomic mass is 16.5. The second-order valence-corrected chi connectivity index (χ2v) is 7.74. The number of aliphatic hydroxyl groups is 1. The third kappa shape index (κ3) is 6.47. The highest BCUT2D eigenvalue weighted by Crippen LogP contribution is 2.20. The van der Waals surface area contributed by atoms with Gasteiger partial charge in [-0.05, 0) is 37.1 Å². The summed E-state index contributed by atoms with van der Waals surface area (Å²) in [5.74, 6) is 0.653. The van der Waals surface area contributed by atoms with Crippen molar-refractivity contribution in [2.24, 2.45) is 0 Å². The van der Waals surface area contributed by atoms with Gasteiger partial charge in [-0.3, -0.25) is 4.79 Å². The molecule has 1 aromatic carbocycles. The molecular formula is C22H31N3O5. The number of anilines is 1. The standard InChI is InChI=1S/C22H31N3O5/c1-29-17-9-7-16(8-10-17)24-22(28)25-19-12-11-18(30-20(19)14-26)13-21(27)23-15-5-3-2-4-6-15/h7-12,15,18-20,26H,2-6,13-14H2,1H3,(H,23,27)(H2,24,25,28)/t18-,19+,20+/m1/s1. The summed E-state index contributed by atoms with van der Waals surface area (Å²) in [6.07, 6.45) is 8.31. The molecule has 8 heteroatoms. The zero-order chi connectivity index (χ0) is 21.3. The molecule has 3 amide bonds. The molecule has 0 unspecified atom stereocenters. The highest BCUT2D eigenvalue weighted by molar-refractivity contribution is 5.89. The largest absolute Gasteiger partial charge is 0.497 e. The Labute approximate surface area is 177 Å². The van der Waals surface area contributed by atoms with Crippen LogP contribution in [-0.4, -0.2) is 55.1 Å². The molecule has 1 saturated carbocycles. The zero-order valence-corrected chi connectivity index (χ0v) is 17.3. The lowest BCUT2D eigenvalue weighted by molar-refractivity contribution is -0.126. The molecule has 4 N–H and O–H groups in total. The van der Waals surface area contributed by atoms with Crippen LogP contribution < -0.4 is 20.7 Å². The fourth-order valence-electron chi connectivity index (χ4n) is 3.85. The number of nitrogens with one attached hydrogen (secondary N) is 3. The Morgan fingerprint density at radius 1 is 1.10 bits per heavy atom. The molecule has 3 rings (SSSR count). The molecule has 1 aliphatic carbocycles. The van der Waals surface area contributed by atoms with E-state index < -0.39 is 24.3 Å². The first-order valence-corrected chi connectivity index (χ1v) is 10.5. The predicted molar refractivity (Wildman–Crippen MR) is 113 cm³/mol. The van der Waals surface area contributed by atoms with Gasteiger partial charge in [0.05, 0.1) is 32.3 Å². The monoisotopic (exact) mass is 417 g/mol. The Kier molecular flexibility index (Phi) is 8.10. The minimum atomic E-state index is -0.621. The number of aliphatic hydroxyl groups excluding tert-OH is 1. The van der Waals surface area contributed by atoms with Crippen LogP contribution in [0.4, 0.5) is 10.5 Å². The molecule has 8 nitrogen and oxygen atoms in total. The lowest BCUT2D eigenvalue weighted by Crippen LogP contribution is -2.50. The van der Waals surface area contributed by atoms with E-state index in [0.717, 1.165) is 25.7 Å². The Morgan fingerprint density at radius 2 is 1.83 bits per heavy atom.